The van der Waals surface area contributed by atoms with Crippen molar-refractivity contribution in [1.29, 1.82) is 0 Å². The number of hydrogen-bond donors (Lipinski definition) is 0. The molecule has 1 nitrogen and oxygen atoms in total. The van der Waals surface area contributed by atoms with Crippen LogP contribution in [0.3, 0.4) is 0 Å². The van der Waals surface area contributed by atoms with Crippen LogP contribution in [0.2, 0.25) is 5.15 Å². The van der Waals surface area contributed by atoms with E-state index in [9.17, 15) is 4.39 Å². The van der Waals surface area contributed by atoms with Crippen molar-refractivity contribution in [2.45, 2.75) is 20.8 Å². The second-order valence-corrected chi connectivity index (χ2v) is 2.12. The molecule has 11 heavy (non-hydrogen) atoms. The second-order valence-electron chi connectivity index (χ2n) is 1.76. The average molecular weight is 176 g/mol. The van der Waals surface area contributed by atoms with Crippen molar-refractivity contribution in [3.63, 3.8) is 0 Å². The van der Waals surface area contributed by atoms with Gasteiger partial charge in [-0.2, -0.15) is 0 Å². The Morgan fingerprint density at radius 3 is 2.36 bits per heavy atom. The molecule has 0 spiro atoms. The van der Waals surface area contributed by atoms with Crippen LogP contribution in [0.25, 0.3) is 0 Å². The van der Waals surface area contributed by atoms with E-state index in [1.54, 1.807) is 6.92 Å². The minimum Gasteiger partial charge on any atom is -0.241 e. The molecule has 0 aliphatic rings. The minimum absolute atomic E-state index is 0.350. The van der Waals surface area contributed by atoms with Gasteiger partial charge in [-0.1, -0.05) is 25.4 Å². The maximum absolute atomic E-state index is 12.2. The molecule has 0 unspecified atom stereocenters. The molecule has 0 saturated heterocycles. The summed E-state index contributed by atoms with van der Waals surface area (Å²) >= 11 is 5.50. The summed E-state index contributed by atoms with van der Waals surface area (Å²) in [6.45, 7) is 5.71. The van der Waals surface area contributed by atoms with Gasteiger partial charge in [-0.25, -0.2) is 9.37 Å². The summed E-state index contributed by atoms with van der Waals surface area (Å²) in [4.78, 5) is 3.57. The number of rotatable bonds is 0. The lowest BCUT2D eigenvalue weighted by molar-refractivity contribution is 0.620. The Morgan fingerprint density at radius 2 is 2.00 bits per heavy atom. The molecular weight excluding hydrogens is 165 g/mol. The molecule has 0 saturated carbocycles. The first-order valence-corrected chi connectivity index (χ1v) is 3.85. The highest BCUT2D eigenvalue weighted by Gasteiger charge is 1.95. The van der Waals surface area contributed by atoms with Crippen LogP contribution in [-0.4, -0.2) is 4.98 Å². The smallest absolute Gasteiger partial charge is 0.141 e. The summed E-state index contributed by atoms with van der Waals surface area (Å²) in [5, 5.41) is 0.358. The van der Waals surface area contributed by atoms with Gasteiger partial charge < -0.3 is 0 Å². The van der Waals surface area contributed by atoms with E-state index >= 15 is 0 Å². The Bertz CT molecular complexity index is 225. The van der Waals surface area contributed by atoms with Crippen LogP contribution in [0.15, 0.2) is 12.3 Å². The summed E-state index contributed by atoms with van der Waals surface area (Å²) < 4.78 is 12.2. The minimum atomic E-state index is -0.350. The van der Waals surface area contributed by atoms with Gasteiger partial charge in [0.1, 0.15) is 11.0 Å². The molecule has 0 bridgehead atoms. The molecule has 0 aromatic carbocycles. The number of halogens is 2. The summed E-state index contributed by atoms with van der Waals surface area (Å²) in [7, 11) is 0. The van der Waals surface area contributed by atoms with E-state index in [0.29, 0.717) is 10.7 Å². The van der Waals surface area contributed by atoms with Crippen molar-refractivity contribution in [3.05, 3.63) is 28.8 Å². The molecule has 0 aliphatic heterocycles. The number of nitrogens with zero attached hydrogens (tertiary/aromatic N) is 1. The van der Waals surface area contributed by atoms with Gasteiger partial charge in [0, 0.05) is 0 Å². The van der Waals surface area contributed by atoms with Gasteiger partial charge in [-0.05, 0) is 18.6 Å². The average Bonchev–Trinajstić information content (AvgIpc) is 2.02. The normalized spacial score (nSPS) is 8.45. The number of aryl methyl sites for hydroxylation is 1. The number of pyridine rings is 1. The largest absolute Gasteiger partial charge is 0.241 e. The first kappa shape index (κ1) is 10.4. The fourth-order valence-electron chi connectivity index (χ4n) is 0.524. The number of hydrogen-bond acceptors (Lipinski definition) is 1. The standard InChI is InChI=1S/C6H5ClFN.C2H6/c1-4-2-5(8)3-9-6(4)7;1-2/h2-3H,1H3;1-2H3. The van der Waals surface area contributed by atoms with Gasteiger partial charge in [-0.15, -0.1) is 0 Å². The van der Waals surface area contributed by atoms with E-state index in [0.717, 1.165) is 6.20 Å². The van der Waals surface area contributed by atoms with Crippen LogP contribution in [0.4, 0.5) is 4.39 Å². The first-order chi connectivity index (χ1) is 5.20. The van der Waals surface area contributed by atoms with Crippen LogP contribution < -0.4 is 0 Å². The number of aromatic nitrogens is 1. The zero-order valence-corrected chi connectivity index (χ0v) is 7.61. The topological polar surface area (TPSA) is 12.9 Å². The van der Waals surface area contributed by atoms with Crippen molar-refractivity contribution in [3.8, 4) is 0 Å². The molecule has 1 rings (SSSR count). The van der Waals surface area contributed by atoms with Gasteiger partial charge in [0.2, 0.25) is 0 Å². The zero-order valence-electron chi connectivity index (χ0n) is 6.86. The predicted octanol–water partition coefficient (Wildman–Crippen LogP) is 3.21. The summed E-state index contributed by atoms with van der Waals surface area (Å²) in [6, 6.07) is 1.34. The third kappa shape index (κ3) is 3.33. The summed E-state index contributed by atoms with van der Waals surface area (Å²) in [5.74, 6) is -0.350. The van der Waals surface area contributed by atoms with Crippen LogP contribution in [-0.2, 0) is 0 Å². The fraction of sp³-hybridized carbons (Fsp3) is 0.375. The molecule has 62 valence electrons. The third-order valence-corrected chi connectivity index (χ3v) is 1.38. The Balaban J connectivity index is 0.000000461. The molecule has 0 amide bonds. The molecule has 0 atom stereocenters. The SMILES string of the molecule is CC.Cc1cc(F)cnc1Cl. The van der Waals surface area contributed by atoms with E-state index in [1.165, 1.54) is 6.07 Å². The lowest BCUT2D eigenvalue weighted by Crippen LogP contribution is -1.82. The molecular formula is C8H11ClFN. The highest BCUT2D eigenvalue weighted by Crippen LogP contribution is 2.10. The highest BCUT2D eigenvalue weighted by atomic mass is 35.5. The van der Waals surface area contributed by atoms with Crippen molar-refractivity contribution in [2.24, 2.45) is 0 Å². The summed E-state index contributed by atoms with van der Waals surface area (Å²) in [5.41, 5.74) is 0.664. The monoisotopic (exact) mass is 175 g/mol. The predicted molar refractivity (Wildman–Crippen MR) is 45.3 cm³/mol. The lowest BCUT2D eigenvalue weighted by atomic mass is 10.3. The Morgan fingerprint density at radius 1 is 1.45 bits per heavy atom. The fourth-order valence-corrected chi connectivity index (χ4v) is 0.627. The van der Waals surface area contributed by atoms with Crippen molar-refractivity contribution in [1.82, 2.24) is 4.98 Å². The summed E-state index contributed by atoms with van der Waals surface area (Å²) in [6.07, 6.45) is 1.09. The van der Waals surface area contributed by atoms with E-state index in [4.69, 9.17) is 11.6 Å². The molecule has 1 aromatic heterocycles. The molecule has 1 heterocycles. The van der Waals surface area contributed by atoms with Gasteiger partial charge in [-0.3, -0.25) is 0 Å². The van der Waals surface area contributed by atoms with Crippen LogP contribution in [0, 0.1) is 12.7 Å². The van der Waals surface area contributed by atoms with Crippen LogP contribution in [0.1, 0.15) is 19.4 Å². The van der Waals surface area contributed by atoms with E-state index in [1.807, 2.05) is 13.8 Å². The van der Waals surface area contributed by atoms with Gasteiger partial charge in [0.15, 0.2) is 0 Å². The molecule has 0 radical (unpaired) electrons. The molecule has 0 fully saturated rings. The van der Waals surface area contributed by atoms with Crippen molar-refractivity contribution >= 4 is 11.6 Å². The van der Waals surface area contributed by atoms with E-state index in [2.05, 4.69) is 4.98 Å². The molecule has 3 heteroatoms. The quantitative estimate of drug-likeness (QED) is 0.552. The highest BCUT2D eigenvalue weighted by molar-refractivity contribution is 6.30. The maximum Gasteiger partial charge on any atom is 0.141 e. The van der Waals surface area contributed by atoms with Crippen molar-refractivity contribution < 1.29 is 4.39 Å². The van der Waals surface area contributed by atoms with E-state index in [-0.39, 0.29) is 5.82 Å². The third-order valence-electron chi connectivity index (χ3n) is 0.981. The van der Waals surface area contributed by atoms with E-state index < -0.39 is 0 Å². The van der Waals surface area contributed by atoms with Crippen LogP contribution >= 0.6 is 11.6 Å². The zero-order chi connectivity index (χ0) is 8.85. The molecule has 1 aromatic rings. The van der Waals surface area contributed by atoms with Gasteiger partial charge in [0.05, 0.1) is 6.20 Å². The Labute approximate surface area is 71.2 Å². The second kappa shape index (κ2) is 5.08. The van der Waals surface area contributed by atoms with Gasteiger partial charge >= 0.3 is 0 Å². The molecule has 0 aliphatic carbocycles. The molecule has 0 N–H and O–H groups in total. The maximum atomic E-state index is 12.2. The van der Waals surface area contributed by atoms with Crippen molar-refractivity contribution in [2.75, 3.05) is 0 Å². The van der Waals surface area contributed by atoms with Gasteiger partial charge in [0.25, 0.3) is 0 Å². The lowest BCUT2D eigenvalue weighted by Gasteiger charge is -1.92. The first-order valence-electron chi connectivity index (χ1n) is 3.48. The Hall–Kier alpha value is -0.630. The van der Waals surface area contributed by atoms with Crippen LogP contribution in [0.5, 0.6) is 0 Å². The Kier molecular flexibility index (Phi) is 4.79.